The highest BCUT2D eigenvalue weighted by atomic mass is 32.1. The fourth-order valence-corrected chi connectivity index (χ4v) is 2.80. The van der Waals surface area contributed by atoms with Gasteiger partial charge in [0, 0.05) is 0 Å². The van der Waals surface area contributed by atoms with Crippen LogP contribution in [0.3, 0.4) is 0 Å². The molecule has 3 nitrogen and oxygen atoms in total. The number of carbonyl (C=O) groups excluding carboxylic acids is 1. The van der Waals surface area contributed by atoms with Gasteiger partial charge in [-0.3, -0.25) is 4.90 Å². The zero-order chi connectivity index (χ0) is 12.1. The standard InChI is InChI=1S/C13H19NO2S/c1-2-3-4-5-7-11-10-14(13(15)16-11)12-8-6-9-17-12/h6,8-9,11H,2-5,7,10H2,1H3. The van der Waals surface area contributed by atoms with Crippen molar-refractivity contribution in [2.45, 2.75) is 45.1 Å². The monoisotopic (exact) mass is 253 g/mol. The van der Waals surface area contributed by atoms with Crippen LogP contribution >= 0.6 is 11.3 Å². The van der Waals surface area contributed by atoms with Crippen molar-refractivity contribution in [3.05, 3.63) is 17.5 Å². The number of carbonyl (C=O) groups is 1. The Morgan fingerprint density at radius 3 is 3.06 bits per heavy atom. The lowest BCUT2D eigenvalue weighted by atomic mass is 10.1. The molecule has 1 atom stereocenters. The van der Waals surface area contributed by atoms with Crippen LogP contribution < -0.4 is 4.90 Å². The average molecular weight is 253 g/mol. The van der Waals surface area contributed by atoms with Crippen molar-refractivity contribution >= 4 is 22.4 Å². The molecular formula is C13H19NO2S. The van der Waals surface area contributed by atoms with E-state index in [1.807, 2.05) is 17.5 Å². The van der Waals surface area contributed by atoms with Gasteiger partial charge >= 0.3 is 6.09 Å². The minimum absolute atomic E-state index is 0.0847. The van der Waals surface area contributed by atoms with Gasteiger partial charge in [-0.2, -0.15) is 0 Å². The molecule has 17 heavy (non-hydrogen) atoms. The second-order valence-corrected chi connectivity index (χ2v) is 5.34. The molecule has 0 spiro atoms. The van der Waals surface area contributed by atoms with Gasteiger partial charge in [-0.1, -0.05) is 26.2 Å². The van der Waals surface area contributed by atoms with Crippen molar-refractivity contribution in [1.29, 1.82) is 0 Å². The summed E-state index contributed by atoms with van der Waals surface area (Å²) in [5.41, 5.74) is 0. The number of amides is 1. The number of unbranched alkanes of at least 4 members (excludes halogenated alkanes) is 3. The normalized spacial score (nSPS) is 19.7. The van der Waals surface area contributed by atoms with Gasteiger partial charge in [0.2, 0.25) is 0 Å². The van der Waals surface area contributed by atoms with Gasteiger partial charge in [0.1, 0.15) is 11.1 Å². The summed E-state index contributed by atoms with van der Waals surface area (Å²) in [6.07, 6.45) is 5.80. The van der Waals surface area contributed by atoms with Crippen LogP contribution in [0.1, 0.15) is 39.0 Å². The van der Waals surface area contributed by atoms with Gasteiger partial charge in [0.25, 0.3) is 0 Å². The molecule has 2 heterocycles. The number of cyclic esters (lactones) is 1. The van der Waals surface area contributed by atoms with Crippen LogP contribution in [0.4, 0.5) is 9.80 Å². The van der Waals surface area contributed by atoms with E-state index in [4.69, 9.17) is 4.74 Å². The minimum atomic E-state index is -0.187. The van der Waals surface area contributed by atoms with Gasteiger partial charge in [0.15, 0.2) is 0 Å². The Hall–Kier alpha value is -1.03. The summed E-state index contributed by atoms with van der Waals surface area (Å²) < 4.78 is 5.37. The molecule has 1 fully saturated rings. The maximum absolute atomic E-state index is 11.7. The summed E-state index contributed by atoms with van der Waals surface area (Å²) >= 11 is 1.58. The highest BCUT2D eigenvalue weighted by Crippen LogP contribution is 2.27. The number of thiophene rings is 1. The first-order valence-electron chi connectivity index (χ1n) is 6.33. The summed E-state index contributed by atoms with van der Waals surface area (Å²) in [5, 5.41) is 2.98. The minimum Gasteiger partial charge on any atom is -0.444 e. The Morgan fingerprint density at radius 2 is 2.35 bits per heavy atom. The second-order valence-electron chi connectivity index (χ2n) is 4.42. The lowest BCUT2D eigenvalue weighted by Gasteiger charge is -2.09. The van der Waals surface area contributed by atoms with E-state index in [1.165, 1.54) is 19.3 Å². The summed E-state index contributed by atoms with van der Waals surface area (Å²) in [5.74, 6) is 0. The van der Waals surface area contributed by atoms with Crippen molar-refractivity contribution in [2.75, 3.05) is 11.4 Å². The van der Waals surface area contributed by atoms with E-state index in [1.54, 1.807) is 16.2 Å². The summed E-state index contributed by atoms with van der Waals surface area (Å²) in [6.45, 7) is 2.92. The van der Waals surface area contributed by atoms with Crippen molar-refractivity contribution in [2.24, 2.45) is 0 Å². The molecule has 1 aromatic heterocycles. The number of nitrogens with zero attached hydrogens (tertiary/aromatic N) is 1. The van der Waals surface area contributed by atoms with E-state index in [0.717, 1.165) is 17.8 Å². The molecule has 1 aliphatic rings. The molecule has 4 heteroatoms. The van der Waals surface area contributed by atoms with Crippen LogP contribution in [-0.4, -0.2) is 18.7 Å². The average Bonchev–Trinajstić information content (AvgIpc) is 2.93. The predicted molar refractivity (Wildman–Crippen MR) is 70.7 cm³/mol. The summed E-state index contributed by atoms with van der Waals surface area (Å²) in [4.78, 5) is 13.4. The van der Waals surface area contributed by atoms with Crippen LogP contribution in [0.2, 0.25) is 0 Å². The SMILES string of the molecule is CCCCCCC1CN(c2cccs2)C(=O)O1. The highest BCUT2D eigenvalue weighted by Gasteiger charge is 2.32. The van der Waals surface area contributed by atoms with Gasteiger partial charge in [-0.15, -0.1) is 11.3 Å². The van der Waals surface area contributed by atoms with Gasteiger partial charge in [-0.25, -0.2) is 4.79 Å². The largest absolute Gasteiger partial charge is 0.444 e. The molecule has 2 rings (SSSR count). The lowest BCUT2D eigenvalue weighted by Crippen LogP contribution is -2.23. The number of hydrogen-bond donors (Lipinski definition) is 0. The van der Waals surface area contributed by atoms with Crippen molar-refractivity contribution in [3.63, 3.8) is 0 Å². The third-order valence-corrected chi connectivity index (χ3v) is 3.92. The maximum Gasteiger partial charge on any atom is 0.415 e. The first-order chi connectivity index (χ1) is 8.31. The first kappa shape index (κ1) is 12.4. The van der Waals surface area contributed by atoms with Gasteiger partial charge in [0.05, 0.1) is 6.54 Å². The molecule has 0 saturated carbocycles. The third kappa shape index (κ3) is 3.22. The Labute approximate surface area is 106 Å². The van der Waals surface area contributed by atoms with Crippen molar-refractivity contribution < 1.29 is 9.53 Å². The molecule has 1 aromatic rings. The molecule has 0 aliphatic carbocycles. The molecule has 1 saturated heterocycles. The Bertz CT molecular complexity index is 350. The molecular weight excluding hydrogens is 234 g/mol. The Balaban J connectivity index is 1.79. The predicted octanol–water partition coefficient (Wildman–Crippen LogP) is 4.04. The fraction of sp³-hybridized carbons (Fsp3) is 0.615. The summed E-state index contributed by atoms with van der Waals surface area (Å²) in [6, 6.07) is 3.92. The van der Waals surface area contributed by atoms with Crippen LogP contribution in [-0.2, 0) is 4.74 Å². The number of ether oxygens (including phenoxy) is 1. The van der Waals surface area contributed by atoms with E-state index in [2.05, 4.69) is 6.92 Å². The van der Waals surface area contributed by atoms with E-state index < -0.39 is 0 Å². The molecule has 1 aliphatic heterocycles. The Kier molecular flexibility index (Phi) is 4.42. The number of rotatable bonds is 6. The molecule has 0 bridgehead atoms. The van der Waals surface area contributed by atoms with E-state index in [9.17, 15) is 4.79 Å². The van der Waals surface area contributed by atoms with E-state index >= 15 is 0 Å². The van der Waals surface area contributed by atoms with E-state index in [-0.39, 0.29) is 12.2 Å². The molecule has 0 N–H and O–H groups in total. The first-order valence-corrected chi connectivity index (χ1v) is 7.21. The second kappa shape index (κ2) is 6.05. The fourth-order valence-electron chi connectivity index (χ4n) is 2.07. The highest BCUT2D eigenvalue weighted by molar-refractivity contribution is 7.14. The van der Waals surface area contributed by atoms with Crippen LogP contribution in [0.15, 0.2) is 17.5 Å². The quantitative estimate of drug-likeness (QED) is 0.716. The van der Waals surface area contributed by atoms with Crippen LogP contribution in [0, 0.1) is 0 Å². The Morgan fingerprint density at radius 1 is 1.47 bits per heavy atom. The zero-order valence-corrected chi connectivity index (χ0v) is 11.0. The van der Waals surface area contributed by atoms with Crippen LogP contribution in [0.25, 0.3) is 0 Å². The molecule has 1 amide bonds. The third-order valence-electron chi connectivity index (χ3n) is 3.03. The summed E-state index contributed by atoms with van der Waals surface area (Å²) in [7, 11) is 0. The number of hydrogen-bond acceptors (Lipinski definition) is 3. The maximum atomic E-state index is 11.7. The molecule has 1 unspecified atom stereocenters. The zero-order valence-electron chi connectivity index (χ0n) is 10.2. The molecule has 0 radical (unpaired) electrons. The number of anilines is 1. The van der Waals surface area contributed by atoms with Crippen LogP contribution in [0.5, 0.6) is 0 Å². The molecule has 0 aromatic carbocycles. The molecule has 94 valence electrons. The smallest absolute Gasteiger partial charge is 0.415 e. The van der Waals surface area contributed by atoms with Crippen molar-refractivity contribution in [1.82, 2.24) is 0 Å². The van der Waals surface area contributed by atoms with Crippen molar-refractivity contribution in [3.8, 4) is 0 Å². The van der Waals surface area contributed by atoms with E-state index in [0.29, 0.717) is 6.54 Å². The lowest BCUT2D eigenvalue weighted by molar-refractivity contribution is 0.135. The van der Waals surface area contributed by atoms with Gasteiger partial charge < -0.3 is 4.74 Å². The van der Waals surface area contributed by atoms with Gasteiger partial charge in [-0.05, 0) is 30.4 Å². The topological polar surface area (TPSA) is 29.5 Å².